The van der Waals surface area contributed by atoms with E-state index >= 15 is 0 Å². The standard InChI is InChI=1S/C12H14FNO2/c1-16-11(15)12(13)8-14-7-10(12)9-5-3-2-4-6-9/h2-6,10,14H,7-8H2,1H3/t10-,12+/m0/s1. The molecule has 2 rings (SSSR count). The molecule has 1 saturated heterocycles. The quantitative estimate of drug-likeness (QED) is 0.767. The number of alkyl halides is 1. The fourth-order valence-corrected chi connectivity index (χ4v) is 2.13. The molecule has 0 aliphatic carbocycles. The highest BCUT2D eigenvalue weighted by atomic mass is 19.1. The van der Waals surface area contributed by atoms with Crippen LogP contribution in [0.25, 0.3) is 0 Å². The van der Waals surface area contributed by atoms with E-state index in [1.807, 2.05) is 30.3 Å². The van der Waals surface area contributed by atoms with Crippen molar-refractivity contribution in [1.29, 1.82) is 0 Å². The Hall–Kier alpha value is -1.42. The van der Waals surface area contributed by atoms with E-state index in [0.29, 0.717) is 6.54 Å². The molecule has 4 heteroatoms. The van der Waals surface area contributed by atoms with Crippen molar-refractivity contribution in [2.24, 2.45) is 0 Å². The fraction of sp³-hybridized carbons (Fsp3) is 0.417. The summed E-state index contributed by atoms with van der Waals surface area (Å²) in [5.41, 5.74) is -1.13. The normalized spacial score (nSPS) is 29.0. The smallest absolute Gasteiger partial charge is 0.345 e. The van der Waals surface area contributed by atoms with Crippen molar-refractivity contribution in [2.75, 3.05) is 20.2 Å². The number of benzene rings is 1. The van der Waals surface area contributed by atoms with Gasteiger partial charge in [0.1, 0.15) is 0 Å². The molecule has 3 nitrogen and oxygen atoms in total. The van der Waals surface area contributed by atoms with Gasteiger partial charge in [0.15, 0.2) is 0 Å². The summed E-state index contributed by atoms with van der Waals surface area (Å²) in [4.78, 5) is 11.5. The van der Waals surface area contributed by atoms with Crippen molar-refractivity contribution in [3.63, 3.8) is 0 Å². The van der Waals surface area contributed by atoms with Crippen LogP contribution < -0.4 is 5.32 Å². The average Bonchev–Trinajstić information content (AvgIpc) is 2.72. The lowest BCUT2D eigenvalue weighted by molar-refractivity contribution is -0.154. The number of nitrogens with one attached hydrogen (secondary N) is 1. The molecule has 1 fully saturated rings. The van der Waals surface area contributed by atoms with E-state index in [9.17, 15) is 9.18 Å². The van der Waals surface area contributed by atoms with Gasteiger partial charge in [-0.3, -0.25) is 0 Å². The molecular formula is C12H14FNO2. The molecule has 0 radical (unpaired) electrons. The van der Waals surface area contributed by atoms with Gasteiger partial charge in [-0.15, -0.1) is 0 Å². The molecule has 2 atom stereocenters. The summed E-state index contributed by atoms with van der Waals surface area (Å²) in [7, 11) is 1.21. The Morgan fingerprint density at radius 2 is 2.19 bits per heavy atom. The number of hydrogen-bond donors (Lipinski definition) is 1. The molecule has 86 valence electrons. The highest BCUT2D eigenvalue weighted by Gasteiger charge is 2.51. The second-order valence-electron chi connectivity index (χ2n) is 3.95. The highest BCUT2D eigenvalue weighted by molar-refractivity contribution is 5.82. The van der Waals surface area contributed by atoms with Gasteiger partial charge in [0.05, 0.1) is 7.11 Å². The third-order valence-electron chi connectivity index (χ3n) is 3.01. The molecule has 1 aliphatic heterocycles. The summed E-state index contributed by atoms with van der Waals surface area (Å²) < 4.78 is 19.1. The first-order valence-corrected chi connectivity index (χ1v) is 5.21. The maximum atomic E-state index is 14.5. The number of esters is 1. The lowest BCUT2D eigenvalue weighted by Crippen LogP contribution is -2.41. The molecule has 0 aromatic heterocycles. The first kappa shape index (κ1) is 11.1. The van der Waals surface area contributed by atoms with Gasteiger partial charge in [-0.1, -0.05) is 30.3 Å². The summed E-state index contributed by atoms with van der Waals surface area (Å²) in [6.45, 7) is 0.467. The molecule has 0 bridgehead atoms. The van der Waals surface area contributed by atoms with Gasteiger partial charge in [-0.2, -0.15) is 0 Å². The maximum Gasteiger partial charge on any atom is 0.345 e. The van der Waals surface area contributed by atoms with Gasteiger partial charge < -0.3 is 10.1 Å². The van der Waals surface area contributed by atoms with Crippen LogP contribution in [0.2, 0.25) is 0 Å². The second kappa shape index (κ2) is 4.22. The zero-order chi connectivity index (χ0) is 11.6. The van der Waals surface area contributed by atoms with E-state index in [1.165, 1.54) is 7.11 Å². The summed E-state index contributed by atoms with van der Waals surface area (Å²) in [5.74, 6) is -1.27. The Morgan fingerprint density at radius 1 is 1.50 bits per heavy atom. The SMILES string of the molecule is COC(=O)[C@@]1(F)CNC[C@H]1c1ccccc1. The van der Waals surface area contributed by atoms with Crippen molar-refractivity contribution in [3.8, 4) is 0 Å². The minimum Gasteiger partial charge on any atom is -0.467 e. The van der Waals surface area contributed by atoms with Crippen LogP contribution in [0.1, 0.15) is 11.5 Å². The maximum absolute atomic E-state index is 14.5. The molecule has 1 aromatic carbocycles. The van der Waals surface area contributed by atoms with Gasteiger partial charge in [0, 0.05) is 19.0 Å². The minimum atomic E-state index is -1.95. The molecule has 1 aromatic rings. The molecule has 0 unspecified atom stereocenters. The first-order valence-electron chi connectivity index (χ1n) is 5.21. The monoisotopic (exact) mass is 223 g/mol. The van der Waals surface area contributed by atoms with E-state index in [2.05, 4.69) is 10.1 Å². The number of methoxy groups -OCH3 is 1. The Kier molecular flexibility index (Phi) is 2.92. The zero-order valence-electron chi connectivity index (χ0n) is 9.07. The number of halogens is 1. The summed E-state index contributed by atoms with van der Waals surface area (Å²) >= 11 is 0. The van der Waals surface area contributed by atoms with Crippen molar-refractivity contribution in [2.45, 2.75) is 11.6 Å². The van der Waals surface area contributed by atoms with Crippen molar-refractivity contribution >= 4 is 5.97 Å². The lowest BCUT2D eigenvalue weighted by Gasteiger charge is -2.23. The Labute approximate surface area is 93.6 Å². The molecule has 0 amide bonds. The molecule has 1 N–H and O–H groups in total. The van der Waals surface area contributed by atoms with E-state index in [1.54, 1.807) is 0 Å². The number of rotatable bonds is 2. The van der Waals surface area contributed by atoms with Crippen LogP contribution >= 0.6 is 0 Å². The highest BCUT2D eigenvalue weighted by Crippen LogP contribution is 2.35. The van der Waals surface area contributed by atoms with Crippen molar-refractivity contribution in [1.82, 2.24) is 5.32 Å². The third-order valence-corrected chi connectivity index (χ3v) is 3.01. The Balaban J connectivity index is 2.31. The van der Waals surface area contributed by atoms with E-state index < -0.39 is 17.6 Å². The van der Waals surface area contributed by atoms with Crippen LogP contribution in [0.4, 0.5) is 4.39 Å². The van der Waals surface area contributed by atoms with Crippen LogP contribution in [-0.4, -0.2) is 31.8 Å². The molecule has 0 saturated carbocycles. The fourth-order valence-electron chi connectivity index (χ4n) is 2.13. The van der Waals surface area contributed by atoms with Crippen molar-refractivity contribution in [3.05, 3.63) is 35.9 Å². The zero-order valence-corrected chi connectivity index (χ0v) is 9.07. The van der Waals surface area contributed by atoms with Gasteiger partial charge in [-0.25, -0.2) is 9.18 Å². The average molecular weight is 223 g/mol. The molecule has 1 heterocycles. The lowest BCUT2D eigenvalue weighted by atomic mass is 9.86. The van der Waals surface area contributed by atoms with Crippen LogP contribution in [0, 0.1) is 0 Å². The Morgan fingerprint density at radius 3 is 2.81 bits per heavy atom. The molecule has 16 heavy (non-hydrogen) atoms. The minimum absolute atomic E-state index is 0.0131. The predicted molar refractivity (Wildman–Crippen MR) is 57.9 cm³/mol. The van der Waals surface area contributed by atoms with Crippen molar-refractivity contribution < 1.29 is 13.9 Å². The number of ether oxygens (including phenoxy) is 1. The predicted octanol–water partition coefficient (Wildman–Crippen LogP) is 1.25. The van der Waals surface area contributed by atoms with Gasteiger partial charge in [0.2, 0.25) is 5.67 Å². The van der Waals surface area contributed by atoms with Crippen LogP contribution in [0.15, 0.2) is 30.3 Å². The topological polar surface area (TPSA) is 38.3 Å². The molecular weight excluding hydrogens is 209 g/mol. The summed E-state index contributed by atoms with van der Waals surface area (Å²) in [6.07, 6.45) is 0. The molecule has 1 aliphatic rings. The number of carbonyl (C=O) groups excluding carboxylic acids is 1. The Bertz CT molecular complexity index is 382. The van der Waals surface area contributed by atoms with Crippen LogP contribution in [0.3, 0.4) is 0 Å². The summed E-state index contributed by atoms with van der Waals surface area (Å²) in [5, 5.41) is 2.90. The second-order valence-corrected chi connectivity index (χ2v) is 3.95. The first-order chi connectivity index (χ1) is 7.68. The third kappa shape index (κ3) is 1.69. The van der Waals surface area contributed by atoms with E-state index in [0.717, 1.165) is 5.56 Å². The van der Waals surface area contributed by atoms with E-state index in [-0.39, 0.29) is 6.54 Å². The van der Waals surface area contributed by atoms with Gasteiger partial charge >= 0.3 is 5.97 Å². The number of hydrogen-bond acceptors (Lipinski definition) is 3. The van der Waals surface area contributed by atoms with Crippen LogP contribution in [0.5, 0.6) is 0 Å². The largest absolute Gasteiger partial charge is 0.467 e. The van der Waals surface area contributed by atoms with Crippen LogP contribution in [-0.2, 0) is 9.53 Å². The van der Waals surface area contributed by atoms with E-state index in [4.69, 9.17) is 0 Å². The molecule has 0 spiro atoms. The van der Waals surface area contributed by atoms with Gasteiger partial charge in [-0.05, 0) is 5.56 Å². The summed E-state index contributed by atoms with van der Waals surface area (Å²) in [6, 6.07) is 9.20. The van der Waals surface area contributed by atoms with Gasteiger partial charge in [0.25, 0.3) is 0 Å². The number of carbonyl (C=O) groups is 1.